The Bertz CT molecular complexity index is 958. The number of benzene rings is 2. The molecule has 5 heteroatoms. The number of carbonyl (C=O) groups excluding carboxylic acids is 1. The number of aromatic nitrogens is 3. The highest BCUT2D eigenvalue weighted by molar-refractivity contribution is 5.94. The second-order valence-electron chi connectivity index (χ2n) is 6.10. The zero-order chi connectivity index (χ0) is 18.5. The van der Waals surface area contributed by atoms with Crippen LogP contribution in [0.3, 0.4) is 0 Å². The molecular weight excluding hydrogens is 336 g/mol. The van der Waals surface area contributed by atoms with Crippen molar-refractivity contribution >= 4 is 5.91 Å². The first-order valence-electron chi connectivity index (χ1n) is 8.66. The summed E-state index contributed by atoms with van der Waals surface area (Å²) < 4.78 is 1.79. The molecule has 0 bridgehead atoms. The lowest BCUT2D eigenvalue weighted by molar-refractivity contribution is 0.0942. The Kier molecular flexibility index (Phi) is 4.74. The average molecular weight is 354 g/mol. The molecule has 1 N–H and O–H groups in total. The Morgan fingerprint density at radius 1 is 0.889 bits per heavy atom. The molecule has 0 saturated heterocycles. The van der Waals surface area contributed by atoms with Crippen molar-refractivity contribution in [2.45, 2.75) is 6.04 Å². The highest BCUT2D eigenvalue weighted by Gasteiger charge is 2.17. The number of rotatable bonds is 5. The summed E-state index contributed by atoms with van der Waals surface area (Å²) in [5.74, 6) is 0.545. The van der Waals surface area contributed by atoms with Crippen LogP contribution < -0.4 is 5.32 Å². The minimum absolute atomic E-state index is 0.169. The van der Waals surface area contributed by atoms with E-state index < -0.39 is 0 Å². The van der Waals surface area contributed by atoms with Gasteiger partial charge in [0, 0.05) is 18.6 Å². The summed E-state index contributed by atoms with van der Waals surface area (Å²) in [4.78, 5) is 21.2. The summed E-state index contributed by atoms with van der Waals surface area (Å²) in [6.45, 7) is 0. The molecule has 0 fully saturated rings. The molecule has 0 saturated carbocycles. The monoisotopic (exact) mass is 354 g/mol. The van der Waals surface area contributed by atoms with Gasteiger partial charge in [0.25, 0.3) is 5.91 Å². The van der Waals surface area contributed by atoms with E-state index in [-0.39, 0.29) is 11.9 Å². The van der Waals surface area contributed by atoms with Gasteiger partial charge in [-0.3, -0.25) is 9.36 Å². The van der Waals surface area contributed by atoms with Gasteiger partial charge in [-0.25, -0.2) is 9.97 Å². The molecule has 0 atom stereocenters. The van der Waals surface area contributed by atoms with Crippen LogP contribution >= 0.6 is 0 Å². The number of amides is 1. The van der Waals surface area contributed by atoms with E-state index in [4.69, 9.17) is 0 Å². The first kappa shape index (κ1) is 16.7. The van der Waals surface area contributed by atoms with Crippen molar-refractivity contribution in [3.05, 3.63) is 114 Å². The largest absolute Gasteiger partial charge is 0.341 e. The van der Waals surface area contributed by atoms with Gasteiger partial charge in [0.05, 0.1) is 11.6 Å². The van der Waals surface area contributed by atoms with Gasteiger partial charge in [0.2, 0.25) is 0 Å². The predicted molar refractivity (Wildman–Crippen MR) is 104 cm³/mol. The third kappa shape index (κ3) is 3.77. The molecule has 0 aliphatic heterocycles. The Labute approximate surface area is 157 Å². The van der Waals surface area contributed by atoms with E-state index in [2.05, 4.69) is 15.3 Å². The van der Waals surface area contributed by atoms with Crippen molar-refractivity contribution in [3.8, 4) is 5.82 Å². The molecule has 4 aromatic rings. The molecule has 2 heterocycles. The molecule has 132 valence electrons. The van der Waals surface area contributed by atoms with E-state index >= 15 is 0 Å². The average Bonchev–Trinajstić information content (AvgIpc) is 3.28. The van der Waals surface area contributed by atoms with E-state index in [1.54, 1.807) is 35.4 Å². The van der Waals surface area contributed by atoms with E-state index in [9.17, 15) is 4.79 Å². The summed E-state index contributed by atoms with van der Waals surface area (Å²) in [7, 11) is 0. The van der Waals surface area contributed by atoms with Crippen LogP contribution in [0.4, 0.5) is 0 Å². The van der Waals surface area contributed by atoms with Crippen LogP contribution in [-0.4, -0.2) is 20.4 Å². The molecular formula is C22H18N4O. The molecule has 0 aliphatic rings. The van der Waals surface area contributed by atoms with Gasteiger partial charge in [0.1, 0.15) is 12.1 Å². The normalized spacial score (nSPS) is 10.7. The fraction of sp³-hybridized carbons (Fsp3) is 0.0455. The summed E-state index contributed by atoms with van der Waals surface area (Å²) in [5, 5.41) is 3.12. The highest BCUT2D eigenvalue weighted by atomic mass is 16.1. The molecule has 2 aromatic carbocycles. The molecule has 5 nitrogen and oxygen atoms in total. The number of pyridine rings is 1. The SMILES string of the molecule is O=C(NC(c1ccccc1)c1ccccc1)c1ccc(-n2ccnc2)nc1. The quantitative estimate of drug-likeness (QED) is 0.593. The van der Waals surface area contributed by atoms with E-state index in [1.807, 2.05) is 66.9 Å². The maximum atomic E-state index is 12.8. The van der Waals surface area contributed by atoms with Crippen molar-refractivity contribution in [3.63, 3.8) is 0 Å². The molecule has 0 aliphatic carbocycles. The first-order chi connectivity index (χ1) is 13.3. The number of hydrogen-bond acceptors (Lipinski definition) is 3. The summed E-state index contributed by atoms with van der Waals surface area (Å²) in [5.41, 5.74) is 2.57. The van der Waals surface area contributed by atoms with Gasteiger partial charge in [-0.05, 0) is 23.3 Å². The lowest BCUT2D eigenvalue weighted by atomic mass is 9.98. The van der Waals surface area contributed by atoms with Gasteiger partial charge >= 0.3 is 0 Å². The molecule has 0 radical (unpaired) electrons. The van der Waals surface area contributed by atoms with Gasteiger partial charge < -0.3 is 5.32 Å². The van der Waals surface area contributed by atoms with Crippen molar-refractivity contribution < 1.29 is 4.79 Å². The third-order valence-corrected chi connectivity index (χ3v) is 4.32. The fourth-order valence-corrected chi connectivity index (χ4v) is 2.93. The van der Waals surface area contributed by atoms with Crippen LogP contribution in [0.25, 0.3) is 5.82 Å². The zero-order valence-electron chi connectivity index (χ0n) is 14.6. The molecule has 1 amide bonds. The molecule has 4 rings (SSSR count). The van der Waals surface area contributed by atoms with Crippen LogP contribution in [0.5, 0.6) is 0 Å². The van der Waals surface area contributed by atoms with E-state index in [0.717, 1.165) is 11.1 Å². The molecule has 2 aromatic heterocycles. The maximum absolute atomic E-state index is 12.8. The summed E-state index contributed by atoms with van der Waals surface area (Å²) >= 11 is 0. The van der Waals surface area contributed by atoms with Crippen LogP contribution in [0, 0.1) is 0 Å². The second kappa shape index (κ2) is 7.66. The number of carbonyl (C=O) groups is 1. The minimum Gasteiger partial charge on any atom is -0.341 e. The van der Waals surface area contributed by atoms with Crippen LogP contribution in [-0.2, 0) is 0 Å². The standard InChI is InChI=1S/C22H18N4O/c27-22(19-11-12-20(24-15-19)26-14-13-23-16-26)25-21(17-7-3-1-4-8-17)18-9-5-2-6-10-18/h1-16,21H,(H,25,27). The van der Waals surface area contributed by atoms with Gasteiger partial charge in [0.15, 0.2) is 0 Å². The predicted octanol–water partition coefficient (Wildman–Crippen LogP) is 3.79. The number of nitrogens with one attached hydrogen (secondary N) is 1. The molecule has 27 heavy (non-hydrogen) atoms. The molecule has 0 spiro atoms. The van der Waals surface area contributed by atoms with Gasteiger partial charge in [-0.2, -0.15) is 0 Å². The zero-order valence-corrected chi connectivity index (χ0v) is 14.6. The van der Waals surface area contributed by atoms with Crippen molar-refractivity contribution in [1.29, 1.82) is 0 Å². The fourth-order valence-electron chi connectivity index (χ4n) is 2.93. The Balaban J connectivity index is 1.58. The Morgan fingerprint density at radius 2 is 1.56 bits per heavy atom. The number of imidazole rings is 1. The van der Waals surface area contributed by atoms with E-state index in [1.165, 1.54) is 0 Å². The minimum atomic E-state index is -0.228. The molecule has 0 unspecified atom stereocenters. The van der Waals surface area contributed by atoms with Gasteiger partial charge in [-0.15, -0.1) is 0 Å². The Morgan fingerprint density at radius 3 is 2.07 bits per heavy atom. The number of hydrogen-bond donors (Lipinski definition) is 1. The van der Waals surface area contributed by atoms with Crippen LogP contribution in [0.2, 0.25) is 0 Å². The highest BCUT2D eigenvalue weighted by Crippen LogP contribution is 2.22. The second-order valence-corrected chi connectivity index (χ2v) is 6.10. The smallest absolute Gasteiger partial charge is 0.253 e. The lowest BCUT2D eigenvalue weighted by Crippen LogP contribution is -2.29. The van der Waals surface area contributed by atoms with Crippen molar-refractivity contribution in [2.24, 2.45) is 0 Å². The first-order valence-corrected chi connectivity index (χ1v) is 8.66. The van der Waals surface area contributed by atoms with Crippen LogP contribution in [0.1, 0.15) is 27.5 Å². The lowest BCUT2D eigenvalue weighted by Gasteiger charge is -2.20. The topological polar surface area (TPSA) is 59.8 Å². The van der Waals surface area contributed by atoms with Crippen molar-refractivity contribution in [1.82, 2.24) is 19.9 Å². The van der Waals surface area contributed by atoms with Crippen LogP contribution in [0.15, 0.2) is 97.7 Å². The van der Waals surface area contributed by atoms with E-state index in [0.29, 0.717) is 11.4 Å². The third-order valence-electron chi connectivity index (χ3n) is 4.32. The Hall–Kier alpha value is -3.73. The number of nitrogens with zero attached hydrogens (tertiary/aromatic N) is 3. The summed E-state index contributed by atoms with van der Waals surface area (Å²) in [6, 6.07) is 23.2. The van der Waals surface area contributed by atoms with Gasteiger partial charge in [-0.1, -0.05) is 60.7 Å². The maximum Gasteiger partial charge on any atom is 0.253 e. The van der Waals surface area contributed by atoms with Crippen molar-refractivity contribution in [2.75, 3.05) is 0 Å². The summed E-state index contributed by atoms with van der Waals surface area (Å²) in [6.07, 6.45) is 6.75.